The number of nitrogens with one attached hydrogen (secondary N) is 1. The fourth-order valence-electron chi connectivity index (χ4n) is 2.59. The quantitative estimate of drug-likeness (QED) is 0.632. The average molecular weight is 384 g/mol. The lowest BCUT2D eigenvalue weighted by Gasteiger charge is -2.06. The molecule has 0 unspecified atom stereocenters. The Bertz CT molecular complexity index is 876. The van der Waals surface area contributed by atoms with Gasteiger partial charge in [0.2, 0.25) is 5.91 Å². The van der Waals surface area contributed by atoms with Crippen LogP contribution in [0.4, 0.5) is 4.39 Å². The second kappa shape index (κ2) is 9.28. The molecule has 2 aromatic carbocycles. The van der Waals surface area contributed by atoms with Gasteiger partial charge in [0.1, 0.15) is 16.6 Å². The summed E-state index contributed by atoms with van der Waals surface area (Å²) in [5, 5.41) is 5.74. The summed E-state index contributed by atoms with van der Waals surface area (Å²) in [4.78, 5) is 16.6. The Morgan fingerprint density at radius 1 is 1.15 bits per heavy atom. The van der Waals surface area contributed by atoms with Gasteiger partial charge in [-0.25, -0.2) is 9.37 Å². The van der Waals surface area contributed by atoms with E-state index in [1.807, 2.05) is 36.6 Å². The summed E-state index contributed by atoms with van der Waals surface area (Å²) < 4.78 is 18.4. The Hall–Kier alpha value is -2.73. The summed E-state index contributed by atoms with van der Waals surface area (Å²) in [5.74, 6) is 0.529. The number of hydrogen-bond acceptors (Lipinski definition) is 4. The molecule has 0 aliphatic heterocycles. The average Bonchev–Trinajstić information content (AvgIpc) is 3.13. The zero-order valence-electron chi connectivity index (χ0n) is 15.1. The van der Waals surface area contributed by atoms with Gasteiger partial charge in [-0.15, -0.1) is 11.3 Å². The van der Waals surface area contributed by atoms with Crippen LogP contribution in [-0.2, 0) is 17.6 Å². The van der Waals surface area contributed by atoms with Crippen LogP contribution in [0.25, 0.3) is 10.6 Å². The van der Waals surface area contributed by atoms with Gasteiger partial charge < -0.3 is 10.1 Å². The van der Waals surface area contributed by atoms with Gasteiger partial charge in [0, 0.05) is 23.9 Å². The number of aromatic nitrogens is 1. The van der Waals surface area contributed by atoms with Crippen molar-refractivity contribution in [2.24, 2.45) is 0 Å². The van der Waals surface area contributed by atoms with Crippen molar-refractivity contribution in [3.8, 4) is 16.3 Å². The monoisotopic (exact) mass is 384 g/mol. The molecule has 3 rings (SSSR count). The van der Waals surface area contributed by atoms with Gasteiger partial charge in [-0.1, -0.05) is 12.1 Å². The molecule has 3 aromatic rings. The number of carbonyl (C=O) groups excluding carboxylic acids is 1. The van der Waals surface area contributed by atoms with E-state index in [4.69, 9.17) is 4.74 Å². The number of hydrogen-bond donors (Lipinski definition) is 1. The van der Waals surface area contributed by atoms with Crippen molar-refractivity contribution in [1.29, 1.82) is 0 Å². The number of thiazole rings is 1. The molecule has 0 fully saturated rings. The first-order chi connectivity index (χ1) is 13.1. The Labute approximate surface area is 162 Å². The van der Waals surface area contributed by atoms with Crippen molar-refractivity contribution in [2.75, 3.05) is 13.2 Å². The van der Waals surface area contributed by atoms with E-state index in [0.717, 1.165) is 27.6 Å². The summed E-state index contributed by atoms with van der Waals surface area (Å²) in [6.07, 6.45) is 0.997. The number of halogens is 1. The minimum absolute atomic E-state index is 0.0202. The molecular formula is C21H21FN2O2S. The molecule has 0 radical (unpaired) electrons. The van der Waals surface area contributed by atoms with Crippen molar-refractivity contribution in [3.63, 3.8) is 0 Å². The highest BCUT2D eigenvalue weighted by atomic mass is 32.1. The molecule has 0 atom stereocenters. The maximum absolute atomic E-state index is 13.0. The number of benzene rings is 2. The van der Waals surface area contributed by atoms with Crippen molar-refractivity contribution in [1.82, 2.24) is 10.3 Å². The molecule has 1 aromatic heterocycles. The first-order valence-corrected chi connectivity index (χ1v) is 9.71. The largest absolute Gasteiger partial charge is 0.494 e. The summed E-state index contributed by atoms with van der Waals surface area (Å²) in [6.45, 7) is 3.09. The lowest BCUT2D eigenvalue weighted by atomic mass is 10.1. The Morgan fingerprint density at radius 2 is 1.89 bits per heavy atom. The lowest BCUT2D eigenvalue weighted by Crippen LogP contribution is -2.27. The highest BCUT2D eigenvalue weighted by molar-refractivity contribution is 7.13. The molecule has 1 heterocycles. The van der Waals surface area contributed by atoms with Crippen LogP contribution in [0.3, 0.4) is 0 Å². The zero-order valence-corrected chi connectivity index (χ0v) is 15.9. The Balaban J connectivity index is 1.45. The Morgan fingerprint density at radius 3 is 2.59 bits per heavy atom. The SMILES string of the molecule is CCOc1ccc(CC(=O)NCCc2csc(-c3ccc(F)cc3)n2)cc1. The van der Waals surface area contributed by atoms with E-state index in [2.05, 4.69) is 10.3 Å². The van der Waals surface area contributed by atoms with Crippen LogP contribution in [-0.4, -0.2) is 24.0 Å². The standard InChI is InChI=1S/C21H21FN2O2S/c1-2-26-19-9-3-15(4-10-19)13-20(25)23-12-11-18-14-27-21(24-18)16-5-7-17(22)8-6-16/h3-10,14H,2,11-13H2,1H3,(H,23,25). The van der Waals surface area contributed by atoms with Crippen molar-refractivity contribution in [2.45, 2.75) is 19.8 Å². The lowest BCUT2D eigenvalue weighted by molar-refractivity contribution is -0.120. The van der Waals surface area contributed by atoms with Gasteiger partial charge in [0.15, 0.2) is 0 Å². The zero-order chi connectivity index (χ0) is 19.1. The van der Waals surface area contributed by atoms with Gasteiger partial charge in [-0.3, -0.25) is 4.79 Å². The maximum Gasteiger partial charge on any atom is 0.224 e. The topological polar surface area (TPSA) is 51.2 Å². The summed E-state index contributed by atoms with van der Waals surface area (Å²) >= 11 is 1.52. The highest BCUT2D eigenvalue weighted by Gasteiger charge is 2.07. The first-order valence-electron chi connectivity index (χ1n) is 8.83. The van der Waals surface area contributed by atoms with Crippen LogP contribution in [0.2, 0.25) is 0 Å². The minimum Gasteiger partial charge on any atom is -0.494 e. The fourth-order valence-corrected chi connectivity index (χ4v) is 3.46. The van der Waals surface area contributed by atoms with Gasteiger partial charge in [-0.05, 0) is 48.9 Å². The molecule has 0 spiro atoms. The molecule has 1 amide bonds. The second-order valence-electron chi connectivity index (χ2n) is 6.00. The van der Waals surface area contributed by atoms with Crippen LogP contribution in [0.1, 0.15) is 18.2 Å². The predicted molar refractivity (Wildman–Crippen MR) is 106 cm³/mol. The van der Waals surface area contributed by atoms with Crippen LogP contribution < -0.4 is 10.1 Å². The van der Waals surface area contributed by atoms with Crippen molar-refractivity contribution < 1.29 is 13.9 Å². The third kappa shape index (κ3) is 5.62. The summed E-state index contributed by atoms with van der Waals surface area (Å²) in [7, 11) is 0. The molecule has 140 valence electrons. The van der Waals surface area contributed by atoms with Crippen LogP contribution in [0, 0.1) is 5.82 Å². The second-order valence-corrected chi connectivity index (χ2v) is 6.86. The molecule has 0 saturated heterocycles. The van der Waals surface area contributed by atoms with Gasteiger partial charge in [0.05, 0.1) is 18.7 Å². The molecule has 0 bridgehead atoms. The molecule has 0 aliphatic rings. The van der Waals surface area contributed by atoms with E-state index >= 15 is 0 Å². The normalized spacial score (nSPS) is 10.6. The molecule has 6 heteroatoms. The molecule has 0 aliphatic carbocycles. The first kappa shape index (κ1) is 19.0. The molecule has 0 saturated carbocycles. The number of carbonyl (C=O) groups is 1. The number of rotatable bonds is 8. The molecule has 27 heavy (non-hydrogen) atoms. The third-order valence-corrected chi connectivity index (χ3v) is 4.89. The summed E-state index contributed by atoms with van der Waals surface area (Å²) in [6, 6.07) is 13.8. The third-order valence-electron chi connectivity index (χ3n) is 3.95. The van der Waals surface area contributed by atoms with Crippen molar-refractivity contribution in [3.05, 3.63) is 71.0 Å². The van der Waals surface area contributed by atoms with E-state index in [1.165, 1.54) is 23.5 Å². The van der Waals surface area contributed by atoms with E-state index in [9.17, 15) is 9.18 Å². The number of nitrogens with zero attached hydrogens (tertiary/aromatic N) is 1. The van der Waals surface area contributed by atoms with E-state index in [0.29, 0.717) is 26.0 Å². The number of amides is 1. The van der Waals surface area contributed by atoms with E-state index in [-0.39, 0.29) is 11.7 Å². The van der Waals surface area contributed by atoms with Crippen molar-refractivity contribution >= 4 is 17.2 Å². The smallest absolute Gasteiger partial charge is 0.224 e. The van der Waals surface area contributed by atoms with Gasteiger partial charge in [0.25, 0.3) is 0 Å². The van der Waals surface area contributed by atoms with Crippen LogP contribution >= 0.6 is 11.3 Å². The number of ether oxygens (including phenoxy) is 1. The van der Waals surface area contributed by atoms with Crippen LogP contribution in [0.5, 0.6) is 5.75 Å². The predicted octanol–water partition coefficient (Wildman–Crippen LogP) is 4.25. The summed E-state index contributed by atoms with van der Waals surface area (Å²) in [5.41, 5.74) is 2.76. The fraction of sp³-hybridized carbons (Fsp3) is 0.238. The van der Waals surface area contributed by atoms with Crippen LogP contribution in [0.15, 0.2) is 53.9 Å². The van der Waals surface area contributed by atoms with E-state index < -0.39 is 0 Å². The molecule has 1 N–H and O–H groups in total. The molecular weight excluding hydrogens is 363 g/mol. The minimum atomic E-state index is -0.259. The highest BCUT2D eigenvalue weighted by Crippen LogP contribution is 2.24. The van der Waals surface area contributed by atoms with Gasteiger partial charge >= 0.3 is 0 Å². The maximum atomic E-state index is 13.0. The van der Waals surface area contributed by atoms with E-state index in [1.54, 1.807) is 12.1 Å². The van der Waals surface area contributed by atoms with Gasteiger partial charge in [-0.2, -0.15) is 0 Å². The Kier molecular flexibility index (Phi) is 6.54. The molecule has 4 nitrogen and oxygen atoms in total.